The van der Waals surface area contributed by atoms with Gasteiger partial charge >= 0.3 is 0 Å². The normalized spacial score (nSPS) is 11.5. The number of hydrogen-bond acceptors (Lipinski definition) is 3. The summed E-state index contributed by atoms with van der Waals surface area (Å²) in [6, 6.07) is 19.7. The first kappa shape index (κ1) is 19.9. The largest absolute Gasteiger partial charge is 0.368 e. The average Bonchev–Trinajstić information content (AvgIpc) is 2.74. The van der Waals surface area contributed by atoms with E-state index < -0.39 is 23.7 Å². The van der Waals surface area contributed by atoms with Crippen molar-refractivity contribution in [1.82, 2.24) is 5.32 Å². The summed E-state index contributed by atoms with van der Waals surface area (Å²) in [5, 5.41) is 2.56. The number of hydrogen-bond donors (Lipinski definition) is 2. The number of amides is 2. The average molecular weight is 390 g/mol. The van der Waals surface area contributed by atoms with Crippen molar-refractivity contribution in [1.29, 1.82) is 0 Å². The van der Waals surface area contributed by atoms with E-state index in [0.29, 0.717) is 11.1 Å². The van der Waals surface area contributed by atoms with Crippen LogP contribution < -0.4 is 11.1 Å². The molecule has 0 unspecified atom stereocenters. The number of benzene rings is 3. The summed E-state index contributed by atoms with van der Waals surface area (Å²) in [7, 11) is 0. The molecule has 3 aromatic carbocycles. The van der Waals surface area contributed by atoms with Crippen molar-refractivity contribution in [2.75, 3.05) is 0 Å². The van der Waals surface area contributed by atoms with Crippen molar-refractivity contribution < 1.29 is 18.8 Å². The number of nitrogens with two attached hydrogens (primary N) is 1. The monoisotopic (exact) mass is 390 g/mol. The molecule has 1 atom stereocenters. The fourth-order valence-electron chi connectivity index (χ4n) is 2.85. The maximum atomic E-state index is 13.0. The summed E-state index contributed by atoms with van der Waals surface area (Å²) in [4.78, 5) is 36.5. The van der Waals surface area contributed by atoms with E-state index in [2.05, 4.69) is 5.32 Å². The molecular formula is C23H19FN2O3. The SMILES string of the molecule is NC(=O)[C@H](Cc1ccc(C(=O)c2ccccc2)cc1)NC(=O)c1ccc(F)cc1. The third-order valence-corrected chi connectivity index (χ3v) is 4.45. The molecular weight excluding hydrogens is 371 g/mol. The van der Waals surface area contributed by atoms with Crippen LogP contribution in [0.5, 0.6) is 0 Å². The fourth-order valence-corrected chi connectivity index (χ4v) is 2.85. The first-order valence-corrected chi connectivity index (χ1v) is 8.98. The Kier molecular flexibility index (Phi) is 6.14. The molecule has 6 heteroatoms. The Balaban J connectivity index is 1.69. The van der Waals surface area contributed by atoms with Crippen LogP contribution in [0.1, 0.15) is 31.8 Å². The van der Waals surface area contributed by atoms with Crippen molar-refractivity contribution in [3.8, 4) is 0 Å². The van der Waals surface area contributed by atoms with Gasteiger partial charge in [0.05, 0.1) is 0 Å². The second kappa shape index (κ2) is 8.93. The quantitative estimate of drug-likeness (QED) is 0.608. The van der Waals surface area contributed by atoms with Crippen LogP contribution in [0.2, 0.25) is 0 Å². The molecule has 146 valence electrons. The van der Waals surface area contributed by atoms with Gasteiger partial charge < -0.3 is 11.1 Å². The molecule has 3 rings (SSSR count). The summed E-state index contributed by atoms with van der Waals surface area (Å²) in [5.41, 5.74) is 7.48. The van der Waals surface area contributed by atoms with Gasteiger partial charge in [-0.05, 0) is 29.8 Å². The van der Waals surface area contributed by atoms with Crippen LogP contribution in [-0.2, 0) is 11.2 Å². The number of rotatable bonds is 7. The minimum atomic E-state index is -0.941. The van der Waals surface area contributed by atoms with Gasteiger partial charge in [-0.15, -0.1) is 0 Å². The molecule has 0 saturated heterocycles. The summed E-state index contributed by atoms with van der Waals surface area (Å²) < 4.78 is 13.0. The molecule has 0 aromatic heterocycles. The van der Waals surface area contributed by atoms with Crippen LogP contribution in [0, 0.1) is 5.82 Å². The Morgan fingerprint density at radius 1 is 0.793 bits per heavy atom. The molecule has 29 heavy (non-hydrogen) atoms. The van der Waals surface area contributed by atoms with Crippen LogP contribution >= 0.6 is 0 Å². The molecule has 3 aromatic rings. The fraction of sp³-hybridized carbons (Fsp3) is 0.0870. The van der Waals surface area contributed by atoms with Gasteiger partial charge in [0.25, 0.3) is 5.91 Å². The predicted molar refractivity (Wildman–Crippen MR) is 107 cm³/mol. The molecule has 0 bridgehead atoms. The van der Waals surface area contributed by atoms with Gasteiger partial charge in [-0.1, -0.05) is 54.6 Å². The molecule has 0 aliphatic heterocycles. The highest BCUT2D eigenvalue weighted by molar-refractivity contribution is 6.08. The predicted octanol–water partition coefficient (Wildman–Crippen LogP) is 2.88. The van der Waals surface area contributed by atoms with Crippen molar-refractivity contribution in [3.63, 3.8) is 0 Å². The summed E-state index contributed by atoms with van der Waals surface area (Å²) >= 11 is 0. The van der Waals surface area contributed by atoms with Gasteiger partial charge in [0.2, 0.25) is 5.91 Å². The summed E-state index contributed by atoms with van der Waals surface area (Å²) in [5.74, 6) is -1.78. The Labute approximate surface area is 167 Å². The van der Waals surface area contributed by atoms with E-state index >= 15 is 0 Å². The first-order chi connectivity index (χ1) is 13.9. The van der Waals surface area contributed by atoms with Crippen LogP contribution in [0.25, 0.3) is 0 Å². The molecule has 0 aliphatic carbocycles. The Hall–Kier alpha value is -3.80. The zero-order chi connectivity index (χ0) is 20.8. The van der Waals surface area contributed by atoms with E-state index in [0.717, 1.165) is 17.7 Å². The van der Waals surface area contributed by atoms with Gasteiger partial charge in [-0.25, -0.2) is 4.39 Å². The van der Waals surface area contributed by atoms with Gasteiger partial charge in [0, 0.05) is 23.1 Å². The number of ketones is 1. The maximum absolute atomic E-state index is 13.0. The standard InChI is InChI=1S/C23H19FN2O3/c24-19-12-10-18(11-13-19)23(29)26-20(22(25)28)14-15-6-8-17(9-7-15)21(27)16-4-2-1-3-5-16/h1-13,20H,14H2,(H2,25,28)(H,26,29)/t20-/m0/s1. The molecule has 0 spiro atoms. The van der Waals surface area contributed by atoms with Gasteiger partial charge in [0.15, 0.2) is 5.78 Å². The van der Waals surface area contributed by atoms with Crippen molar-refractivity contribution in [2.24, 2.45) is 5.73 Å². The summed E-state index contributed by atoms with van der Waals surface area (Å²) in [6.45, 7) is 0. The first-order valence-electron chi connectivity index (χ1n) is 8.98. The van der Waals surface area contributed by atoms with Crippen molar-refractivity contribution >= 4 is 17.6 Å². The minimum Gasteiger partial charge on any atom is -0.368 e. The Bertz CT molecular complexity index is 1020. The number of carbonyl (C=O) groups is 3. The lowest BCUT2D eigenvalue weighted by Crippen LogP contribution is -2.45. The van der Waals surface area contributed by atoms with Gasteiger partial charge in [0.1, 0.15) is 11.9 Å². The Morgan fingerprint density at radius 3 is 1.93 bits per heavy atom. The van der Waals surface area contributed by atoms with E-state index in [9.17, 15) is 18.8 Å². The van der Waals surface area contributed by atoms with Crippen LogP contribution in [0.3, 0.4) is 0 Å². The number of halogens is 1. The van der Waals surface area contributed by atoms with Crippen molar-refractivity contribution in [2.45, 2.75) is 12.5 Å². The van der Waals surface area contributed by atoms with E-state index in [1.54, 1.807) is 48.5 Å². The van der Waals surface area contributed by atoms with E-state index in [1.165, 1.54) is 12.1 Å². The molecule has 2 amide bonds. The molecule has 0 radical (unpaired) electrons. The lowest BCUT2D eigenvalue weighted by Gasteiger charge is -2.16. The zero-order valence-electron chi connectivity index (χ0n) is 15.5. The van der Waals surface area contributed by atoms with E-state index in [4.69, 9.17) is 5.73 Å². The number of nitrogens with one attached hydrogen (secondary N) is 1. The topological polar surface area (TPSA) is 89.3 Å². The number of carbonyl (C=O) groups excluding carboxylic acids is 3. The van der Waals surface area contributed by atoms with Crippen LogP contribution in [-0.4, -0.2) is 23.6 Å². The second-order valence-electron chi connectivity index (χ2n) is 6.53. The zero-order valence-corrected chi connectivity index (χ0v) is 15.5. The highest BCUT2D eigenvalue weighted by atomic mass is 19.1. The number of primary amides is 1. The maximum Gasteiger partial charge on any atom is 0.251 e. The Morgan fingerprint density at radius 2 is 1.34 bits per heavy atom. The van der Waals surface area contributed by atoms with Crippen LogP contribution in [0.15, 0.2) is 78.9 Å². The van der Waals surface area contributed by atoms with E-state index in [-0.39, 0.29) is 17.8 Å². The molecule has 5 nitrogen and oxygen atoms in total. The lowest BCUT2D eigenvalue weighted by molar-refractivity contribution is -0.119. The van der Waals surface area contributed by atoms with Crippen molar-refractivity contribution in [3.05, 3.63) is 107 Å². The highest BCUT2D eigenvalue weighted by Crippen LogP contribution is 2.13. The van der Waals surface area contributed by atoms with Gasteiger partial charge in [-0.3, -0.25) is 14.4 Å². The molecule has 0 heterocycles. The van der Waals surface area contributed by atoms with E-state index in [1.807, 2.05) is 6.07 Å². The van der Waals surface area contributed by atoms with Crippen LogP contribution in [0.4, 0.5) is 4.39 Å². The molecule has 3 N–H and O–H groups in total. The molecule has 0 fully saturated rings. The smallest absolute Gasteiger partial charge is 0.251 e. The second-order valence-corrected chi connectivity index (χ2v) is 6.53. The highest BCUT2D eigenvalue weighted by Gasteiger charge is 2.20. The third kappa shape index (κ3) is 5.13. The minimum absolute atomic E-state index is 0.104. The molecule has 0 saturated carbocycles. The lowest BCUT2D eigenvalue weighted by atomic mass is 9.99. The van der Waals surface area contributed by atoms with Gasteiger partial charge in [-0.2, -0.15) is 0 Å². The summed E-state index contributed by atoms with van der Waals surface area (Å²) in [6.07, 6.45) is 0.169. The molecule has 0 aliphatic rings. The third-order valence-electron chi connectivity index (χ3n) is 4.45.